The number of fused-ring (bicyclic) bond motifs is 1. The Morgan fingerprint density at radius 2 is 2.10 bits per heavy atom. The fraction of sp³-hybridized carbons (Fsp3) is 0.211. The van der Waals surface area contributed by atoms with Crippen molar-refractivity contribution in [2.24, 2.45) is 0 Å². The van der Waals surface area contributed by atoms with Crippen LogP contribution in [-0.2, 0) is 14.4 Å². The van der Waals surface area contributed by atoms with E-state index in [0.29, 0.717) is 10.7 Å². The summed E-state index contributed by atoms with van der Waals surface area (Å²) in [6.45, 7) is 0. The normalized spacial score (nSPS) is 20.2. The maximum atomic E-state index is 12.6. The van der Waals surface area contributed by atoms with Crippen molar-refractivity contribution in [1.82, 2.24) is 20.0 Å². The number of carboxylic acids is 1. The summed E-state index contributed by atoms with van der Waals surface area (Å²) in [6, 6.07) is 12.1. The second-order valence-electron chi connectivity index (χ2n) is 6.39. The number of aliphatic carboxylic acids is 1. The second kappa shape index (κ2) is 8.25. The van der Waals surface area contributed by atoms with E-state index in [2.05, 4.69) is 10.4 Å². The average molecular weight is 441 g/mol. The lowest BCUT2D eigenvalue weighted by Gasteiger charge is -2.49. The summed E-state index contributed by atoms with van der Waals surface area (Å²) < 4.78 is 1.71. The number of para-hydroxylation sites is 1. The van der Waals surface area contributed by atoms with E-state index in [0.717, 1.165) is 10.7 Å². The Morgan fingerprint density at radius 3 is 2.80 bits per heavy atom. The van der Waals surface area contributed by atoms with Crippen molar-refractivity contribution < 1.29 is 19.5 Å². The Labute approximate surface area is 179 Å². The Bertz CT molecular complexity index is 1090. The van der Waals surface area contributed by atoms with Crippen LogP contribution in [0.15, 0.2) is 58.2 Å². The van der Waals surface area contributed by atoms with Gasteiger partial charge in [0.15, 0.2) is 0 Å². The molecule has 1 aromatic carbocycles. The number of nitrogens with zero attached hydrogens (tertiary/aromatic N) is 4. The topological polar surface area (TPSA) is 128 Å². The number of carbonyl (C=O) groups is 3. The Kier molecular flexibility index (Phi) is 5.52. The SMILES string of the molecule is N#CCC(=O)N[C@@H]1C(=O)N2C(C(=O)O)=C(Sc3ccnn3-c3ccccc3)CS[C@H]12. The number of nitriles is 1. The van der Waals surface area contributed by atoms with E-state index < -0.39 is 29.2 Å². The largest absolute Gasteiger partial charge is 0.477 e. The average Bonchev–Trinajstić information content (AvgIpc) is 3.20. The molecule has 152 valence electrons. The third-order valence-corrected chi connectivity index (χ3v) is 7.09. The summed E-state index contributed by atoms with van der Waals surface area (Å²) >= 11 is 2.62. The number of carboxylic acid groups (broad SMARTS) is 1. The maximum Gasteiger partial charge on any atom is 0.353 e. The zero-order valence-electron chi connectivity index (χ0n) is 15.4. The quantitative estimate of drug-likeness (QED) is 0.647. The van der Waals surface area contributed by atoms with Gasteiger partial charge in [-0.05, 0) is 18.2 Å². The molecule has 2 atom stereocenters. The van der Waals surface area contributed by atoms with Crippen LogP contribution in [-0.4, -0.2) is 54.7 Å². The van der Waals surface area contributed by atoms with Crippen LogP contribution in [0, 0.1) is 11.3 Å². The summed E-state index contributed by atoms with van der Waals surface area (Å²) in [5.41, 5.74) is 0.754. The second-order valence-corrected chi connectivity index (χ2v) is 8.61. The number of amides is 2. The van der Waals surface area contributed by atoms with E-state index >= 15 is 0 Å². The van der Waals surface area contributed by atoms with Crippen molar-refractivity contribution in [3.05, 3.63) is 53.2 Å². The lowest BCUT2D eigenvalue weighted by Crippen LogP contribution is -2.70. The highest BCUT2D eigenvalue weighted by Gasteiger charge is 2.54. The Morgan fingerprint density at radius 1 is 1.33 bits per heavy atom. The number of hydrogen-bond acceptors (Lipinski definition) is 7. The van der Waals surface area contributed by atoms with Crippen LogP contribution in [0.2, 0.25) is 0 Å². The number of rotatable bonds is 6. The first-order chi connectivity index (χ1) is 14.5. The summed E-state index contributed by atoms with van der Waals surface area (Å²) in [4.78, 5) is 38.0. The number of thioether (sulfide) groups is 2. The molecule has 3 heterocycles. The number of nitrogens with one attached hydrogen (secondary N) is 1. The van der Waals surface area contributed by atoms with E-state index in [1.165, 1.54) is 28.4 Å². The number of benzene rings is 1. The van der Waals surface area contributed by atoms with Gasteiger partial charge in [0.2, 0.25) is 5.91 Å². The predicted octanol–water partition coefficient (Wildman–Crippen LogP) is 1.57. The molecule has 30 heavy (non-hydrogen) atoms. The van der Waals surface area contributed by atoms with Gasteiger partial charge in [0.05, 0.1) is 18.0 Å². The number of carbonyl (C=O) groups excluding carboxylic acids is 2. The van der Waals surface area contributed by atoms with Crippen molar-refractivity contribution in [3.8, 4) is 11.8 Å². The molecule has 2 aromatic rings. The molecule has 4 rings (SSSR count). The summed E-state index contributed by atoms with van der Waals surface area (Å²) in [5, 5.41) is 25.4. The van der Waals surface area contributed by atoms with Gasteiger partial charge in [-0.15, -0.1) is 11.8 Å². The zero-order valence-corrected chi connectivity index (χ0v) is 17.0. The molecule has 0 radical (unpaired) electrons. The fourth-order valence-electron chi connectivity index (χ4n) is 3.22. The minimum Gasteiger partial charge on any atom is -0.477 e. The van der Waals surface area contributed by atoms with Gasteiger partial charge in [-0.3, -0.25) is 14.5 Å². The molecule has 0 unspecified atom stereocenters. The lowest BCUT2D eigenvalue weighted by atomic mass is 10.0. The van der Waals surface area contributed by atoms with Crippen molar-refractivity contribution >= 4 is 41.3 Å². The van der Waals surface area contributed by atoms with Gasteiger partial charge in [-0.25, -0.2) is 9.48 Å². The molecular formula is C19H15N5O4S2. The smallest absolute Gasteiger partial charge is 0.353 e. The summed E-state index contributed by atoms with van der Waals surface area (Å²) in [6.07, 6.45) is 1.28. The standard InChI is InChI=1S/C19H15N5O4S2/c20-8-6-13(25)22-15-17(26)23-16(19(27)28)12(10-29-18(15)23)30-14-7-9-21-24(14)11-4-2-1-3-5-11/h1-5,7,9,15,18H,6,10H2,(H,22,25)(H,27,28)/t15-,18-/m1/s1. The molecule has 1 saturated heterocycles. The minimum absolute atomic E-state index is 0.0830. The molecule has 11 heteroatoms. The molecular weight excluding hydrogens is 426 g/mol. The van der Waals surface area contributed by atoms with E-state index in [-0.39, 0.29) is 12.1 Å². The molecule has 2 aliphatic rings. The molecule has 2 amide bonds. The molecule has 1 fully saturated rings. The third kappa shape index (κ3) is 3.55. The van der Waals surface area contributed by atoms with Crippen molar-refractivity contribution in [1.29, 1.82) is 5.26 Å². The van der Waals surface area contributed by atoms with Crippen molar-refractivity contribution in [2.45, 2.75) is 22.9 Å². The highest BCUT2D eigenvalue weighted by Crippen LogP contribution is 2.45. The molecule has 0 spiro atoms. The van der Waals surface area contributed by atoms with Crippen LogP contribution in [0.1, 0.15) is 6.42 Å². The molecule has 0 bridgehead atoms. The monoisotopic (exact) mass is 441 g/mol. The number of β-lactam (4-membered cyclic amide) rings is 1. The van der Waals surface area contributed by atoms with E-state index in [9.17, 15) is 19.5 Å². The molecule has 2 N–H and O–H groups in total. The Hall–Kier alpha value is -3.23. The highest BCUT2D eigenvalue weighted by molar-refractivity contribution is 8.06. The van der Waals surface area contributed by atoms with Crippen LogP contribution < -0.4 is 5.32 Å². The molecule has 2 aliphatic heterocycles. The van der Waals surface area contributed by atoms with Crippen LogP contribution in [0.3, 0.4) is 0 Å². The lowest BCUT2D eigenvalue weighted by molar-refractivity contribution is -0.150. The predicted molar refractivity (Wildman–Crippen MR) is 109 cm³/mol. The van der Waals surface area contributed by atoms with Gasteiger partial charge in [0.25, 0.3) is 5.91 Å². The van der Waals surface area contributed by atoms with E-state index in [4.69, 9.17) is 5.26 Å². The van der Waals surface area contributed by atoms with E-state index in [1.54, 1.807) is 23.0 Å². The van der Waals surface area contributed by atoms with Gasteiger partial charge in [0.1, 0.15) is 28.6 Å². The van der Waals surface area contributed by atoms with Gasteiger partial charge < -0.3 is 10.4 Å². The third-order valence-electron chi connectivity index (χ3n) is 4.53. The van der Waals surface area contributed by atoms with Crippen LogP contribution >= 0.6 is 23.5 Å². The molecule has 9 nitrogen and oxygen atoms in total. The first kappa shape index (κ1) is 20.1. The molecule has 1 aromatic heterocycles. The van der Waals surface area contributed by atoms with Crippen molar-refractivity contribution in [3.63, 3.8) is 0 Å². The van der Waals surface area contributed by atoms with E-state index in [1.807, 2.05) is 30.3 Å². The number of hydrogen-bond donors (Lipinski definition) is 2. The molecule has 0 saturated carbocycles. The van der Waals surface area contributed by atoms with Crippen LogP contribution in [0.25, 0.3) is 5.69 Å². The van der Waals surface area contributed by atoms with Gasteiger partial charge in [-0.2, -0.15) is 10.4 Å². The summed E-state index contributed by atoms with van der Waals surface area (Å²) in [5.74, 6) is -1.89. The van der Waals surface area contributed by atoms with Crippen LogP contribution in [0.5, 0.6) is 0 Å². The van der Waals surface area contributed by atoms with Gasteiger partial charge in [-0.1, -0.05) is 30.0 Å². The maximum absolute atomic E-state index is 12.6. The minimum atomic E-state index is -1.20. The fourth-order valence-corrected chi connectivity index (χ4v) is 5.76. The van der Waals surface area contributed by atoms with Gasteiger partial charge >= 0.3 is 5.97 Å². The number of aromatic nitrogens is 2. The van der Waals surface area contributed by atoms with Crippen LogP contribution in [0.4, 0.5) is 0 Å². The molecule has 0 aliphatic carbocycles. The zero-order chi connectivity index (χ0) is 21.3. The van der Waals surface area contributed by atoms with Gasteiger partial charge in [0, 0.05) is 10.7 Å². The summed E-state index contributed by atoms with van der Waals surface area (Å²) in [7, 11) is 0. The first-order valence-corrected chi connectivity index (χ1v) is 10.7. The van der Waals surface area contributed by atoms with Crippen molar-refractivity contribution in [2.75, 3.05) is 5.75 Å². The Balaban J connectivity index is 1.60. The highest BCUT2D eigenvalue weighted by atomic mass is 32.2. The first-order valence-electron chi connectivity index (χ1n) is 8.86.